The monoisotopic (exact) mass is 451 g/mol. The number of halogens is 2. The van der Waals surface area contributed by atoms with Gasteiger partial charge in [-0.1, -0.05) is 28.0 Å². The Labute approximate surface area is 185 Å². The van der Waals surface area contributed by atoms with Gasteiger partial charge < -0.3 is 15.0 Å². The first-order valence-corrected chi connectivity index (χ1v) is 10.9. The smallest absolute Gasteiger partial charge is 0.388 e. The number of nitrogens with zero attached hydrogens (tertiary/aromatic N) is 4. The van der Waals surface area contributed by atoms with Gasteiger partial charge in [-0.05, 0) is 51.7 Å². The Morgan fingerprint density at radius 2 is 1.97 bits per heavy atom. The van der Waals surface area contributed by atoms with Gasteiger partial charge >= 0.3 is 6.09 Å². The summed E-state index contributed by atoms with van der Waals surface area (Å²) in [6, 6.07) is 4.51. The lowest BCUT2D eigenvalue weighted by molar-refractivity contribution is -0.121. The van der Waals surface area contributed by atoms with Crippen LogP contribution >= 0.6 is 11.6 Å². The van der Waals surface area contributed by atoms with Crippen molar-refractivity contribution < 1.29 is 18.7 Å². The molecule has 0 saturated heterocycles. The van der Waals surface area contributed by atoms with Gasteiger partial charge in [0.1, 0.15) is 5.82 Å². The average molecular weight is 452 g/mol. The maximum absolute atomic E-state index is 13.9. The van der Waals surface area contributed by atoms with Gasteiger partial charge in [-0.25, -0.2) is 13.9 Å². The molecule has 10 heteroatoms. The third-order valence-electron chi connectivity index (χ3n) is 5.54. The van der Waals surface area contributed by atoms with Crippen molar-refractivity contribution in [3.8, 4) is 5.88 Å². The quantitative estimate of drug-likeness (QED) is 0.692. The highest BCUT2D eigenvalue weighted by molar-refractivity contribution is 6.31. The fourth-order valence-corrected chi connectivity index (χ4v) is 3.98. The van der Waals surface area contributed by atoms with Gasteiger partial charge in [0.25, 0.3) is 5.88 Å². The molecule has 1 saturated carbocycles. The van der Waals surface area contributed by atoms with Crippen LogP contribution in [0.3, 0.4) is 0 Å². The van der Waals surface area contributed by atoms with Gasteiger partial charge in [-0.15, -0.1) is 0 Å². The van der Waals surface area contributed by atoms with E-state index >= 15 is 0 Å². The summed E-state index contributed by atoms with van der Waals surface area (Å²) in [5.41, 5.74) is 0.213. The Hall–Kier alpha value is -2.68. The second-order valence-electron chi connectivity index (χ2n) is 7.53. The number of rotatable bonds is 7. The average Bonchev–Trinajstić information content (AvgIpc) is 3.20. The number of amides is 2. The summed E-state index contributed by atoms with van der Waals surface area (Å²) in [5.74, 6) is -0.550. The van der Waals surface area contributed by atoms with Crippen LogP contribution in [0.4, 0.5) is 9.18 Å². The van der Waals surface area contributed by atoms with E-state index in [4.69, 9.17) is 16.3 Å². The van der Waals surface area contributed by atoms with Gasteiger partial charge in [0, 0.05) is 29.7 Å². The number of aromatic nitrogens is 3. The van der Waals surface area contributed by atoms with Gasteiger partial charge in [0.2, 0.25) is 5.91 Å². The van der Waals surface area contributed by atoms with Gasteiger partial charge in [-0.3, -0.25) is 4.79 Å². The normalized spacial score (nSPS) is 18.5. The molecule has 2 amide bonds. The molecule has 0 atom stereocenters. The number of nitrogens with one attached hydrogen (secondary N) is 1. The van der Waals surface area contributed by atoms with Crippen molar-refractivity contribution in [2.75, 3.05) is 13.1 Å². The van der Waals surface area contributed by atoms with Crippen LogP contribution < -0.4 is 10.1 Å². The van der Waals surface area contributed by atoms with Crippen LogP contribution in [-0.4, -0.2) is 51.0 Å². The van der Waals surface area contributed by atoms with E-state index in [2.05, 4.69) is 15.6 Å². The van der Waals surface area contributed by atoms with E-state index in [0.717, 1.165) is 25.7 Å². The number of ether oxygens (including phenoxy) is 1. The maximum atomic E-state index is 13.9. The van der Waals surface area contributed by atoms with Crippen molar-refractivity contribution in [3.63, 3.8) is 0 Å². The minimum atomic E-state index is -0.477. The molecule has 8 nitrogen and oxygen atoms in total. The lowest BCUT2D eigenvalue weighted by Gasteiger charge is -2.29. The highest BCUT2D eigenvalue weighted by Gasteiger charge is 2.25. The van der Waals surface area contributed by atoms with E-state index in [-0.39, 0.29) is 40.9 Å². The van der Waals surface area contributed by atoms with Crippen LogP contribution in [-0.2, 0) is 11.2 Å². The lowest BCUT2D eigenvalue weighted by atomic mass is 9.91. The van der Waals surface area contributed by atoms with E-state index in [0.29, 0.717) is 13.1 Å². The Morgan fingerprint density at radius 1 is 1.26 bits per heavy atom. The van der Waals surface area contributed by atoms with E-state index in [1.54, 1.807) is 21.8 Å². The third kappa shape index (κ3) is 5.94. The molecular weight excluding hydrogens is 425 g/mol. The third-order valence-corrected chi connectivity index (χ3v) is 5.89. The van der Waals surface area contributed by atoms with Crippen molar-refractivity contribution in [1.29, 1.82) is 0 Å². The van der Waals surface area contributed by atoms with Crippen molar-refractivity contribution in [3.05, 3.63) is 40.8 Å². The highest BCUT2D eigenvalue weighted by Crippen LogP contribution is 2.29. The molecule has 31 heavy (non-hydrogen) atoms. The Balaban J connectivity index is 1.48. The number of hydrogen-bond acceptors (Lipinski definition) is 5. The number of carbonyl (C=O) groups excluding carboxylic acids is 2. The van der Waals surface area contributed by atoms with Crippen LogP contribution in [0, 0.1) is 5.82 Å². The van der Waals surface area contributed by atoms with Crippen molar-refractivity contribution >= 4 is 23.6 Å². The zero-order valence-electron chi connectivity index (χ0n) is 17.7. The minimum absolute atomic E-state index is 0.0118. The Bertz CT molecular complexity index is 890. The standard InChI is InChI=1S/C21H27ClFN5O3/c1-3-27(4-2)21(30)31-20-13-28(26-25-20)15-10-8-14(9-11-15)24-19(29)12-16-17(22)6-5-7-18(16)23/h5-7,13-15H,3-4,8-12H2,1-2H3,(H,24,29)/t14-,15+. The summed E-state index contributed by atoms with van der Waals surface area (Å²) in [6.07, 6.45) is 4.20. The second kappa shape index (κ2) is 10.6. The molecule has 0 aliphatic heterocycles. The molecule has 0 bridgehead atoms. The van der Waals surface area contributed by atoms with E-state index in [1.165, 1.54) is 12.1 Å². The summed E-state index contributed by atoms with van der Waals surface area (Å²) >= 11 is 6.00. The molecule has 1 aliphatic rings. The number of carbonyl (C=O) groups is 2. The van der Waals surface area contributed by atoms with E-state index in [1.807, 2.05) is 13.8 Å². The largest absolute Gasteiger partial charge is 0.416 e. The van der Waals surface area contributed by atoms with Crippen LogP contribution in [0.25, 0.3) is 0 Å². The zero-order chi connectivity index (χ0) is 22.4. The molecular formula is C21H27ClFN5O3. The molecule has 1 aromatic carbocycles. The van der Waals surface area contributed by atoms with Crippen LogP contribution in [0.2, 0.25) is 5.02 Å². The lowest BCUT2D eigenvalue weighted by Crippen LogP contribution is -2.39. The second-order valence-corrected chi connectivity index (χ2v) is 7.93. The van der Waals surface area contributed by atoms with Crippen molar-refractivity contribution in [2.24, 2.45) is 0 Å². The SMILES string of the molecule is CCN(CC)C(=O)Oc1cn([C@H]2CC[C@@H](NC(=O)Cc3c(F)cccc3Cl)CC2)nn1. The molecule has 3 rings (SSSR count). The molecule has 1 aliphatic carbocycles. The molecule has 0 spiro atoms. The maximum Gasteiger partial charge on any atom is 0.416 e. The van der Waals surface area contributed by atoms with Gasteiger partial charge in [0.15, 0.2) is 0 Å². The predicted octanol–water partition coefficient (Wildman–Crippen LogP) is 3.75. The van der Waals surface area contributed by atoms with Crippen LogP contribution in [0.15, 0.2) is 24.4 Å². The zero-order valence-corrected chi connectivity index (χ0v) is 18.4. The molecule has 1 N–H and O–H groups in total. The Kier molecular flexibility index (Phi) is 7.84. The first kappa shape index (κ1) is 23.0. The first-order chi connectivity index (χ1) is 14.9. The fourth-order valence-electron chi connectivity index (χ4n) is 3.75. The summed E-state index contributed by atoms with van der Waals surface area (Å²) in [6.45, 7) is 4.87. The Morgan fingerprint density at radius 3 is 2.61 bits per heavy atom. The minimum Gasteiger partial charge on any atom is -0.388 e. The summed E-state index contributed by atoms with van der Waals surface area (Å²) < 4.78 is 20.9. The molecule has 1 fully saturated rings. The van der Waals surface area contributed by atoms with Crippen molar-refractivity contribution in [2.45, 2.75) is 58.0 Å². The van der Waals surface area contributed by atoms with Crippen molar-refractivity contribution in [1.82, 2.24) is 25.2 Å². The topological polar surface area (TPSA) is 89.4 Å². The van der Waals surface area contributed by atoms with Crippen LogP contribution in [0.5, 0.6) is 5.88 Å². The highest BCUT2D eigenvalue weighted by atomic mass is 35.5. The molecule has 1 aromatic heterocycles. The van der Waals surface area contributed by atoms with Gasteiger partial charge in [0.05, 0.1) is 18.7 Å². The first-order valence-electron chi connectivity index (χ1n) is 10.5. The van der Waals surface area contributed by atoms with E-state index in [9.17, 15) is 14.0 Å². The molecule has 168 valence electrons. The molecule has 0 radical (unpaired) electrons. The predicted molar refractivity (Wildman–Crippen MR) is 114 cm³/mol. The van der Waals surface area contributed by atoms with E-state index < -0.39 is 11.9 Å². The number of benzene rings is 1. The fraction of sp³-hybridized carbons (Fsp3) is 0.524. The summed E-state index contributed by atoms with van der Waals surface area (Å²) in [4.78, 5) is 25.9. The molecule has 1 heterocycles. The summed E-state index contributed by atoms with van der Waals surface area (Å²) in [7, 11) is 0. The van der Waals surface area contributed by atoms with Gasteiger partial charge in [-0.2, -0.15) is 0 Å². The molecule has 0 unspecified atom stereocenters. The number of hydrogen-bond donors (Lipinski definition) is 1. The summed E-state index contributed by atoms with van der Waals surface area (Å²) in [5, 5.41) is 11.2. The van der Waals surface area contributed by atoms with Crippen LogP contribution in [0.1, 0.15) is 51.1 Å². The molecule has 2 aromatic rings.